The number of nitrogens with one attached hydrogen (secondary N) is 2. The first-order valence-corrected chi connectivity index (χ1v) is 6.97. The van der Waals surface area contributed by atoms with Crippen LogP contribution in [-0.2, 0) is 13.0 Å². The molecule has 0 saturated carbocycles. The van der Waals surface area contributed by atoms with Gasteiger partial charge in [-0.05, 0) is 37.5 Å². The van der Waals surface area contributed by atoms with Crippen LogP contribution < -0.4 is 10.6 Å². The predicted octanol–water partition coefficient (Wildman–Crippen LogP) is 2.94. The van der Waals surface area contributed by atoms with E-state index in [-0.39, 0.29) is 18.3 Å². The molecule has 0 saturated heterocycles. The standard InChI is InChI=1S/C15H18N4O.ClH/c1-2-19-10-11(9-17-19)18-15(20)13-5-3-7-14-12(13)6-4-8-16-14;/h3,5,7,9-10,16H,2,4,6,8H2,1H3,(H,18,20);1H. The van der Waals surface area contributed by atoms with Crippen molar-refractivity contribution < 1.29 is 4.79 Å². The van der Waals surface area contributed by atoms with Gasteiger partial charge in [0.05, 0.1) is 11.9 Å². The molecule has 1 aromatic carbocycles. The van der Waals surface area contributed by atoms with Crippen molar-refractivity contribution in [1.82, 2.24) is 9.78 Å². The van der Waals surface area contributed by atoms with Crippen molar-refractivity contribution in [3.05, 3.63) is 41.7 Å². The topological polar surface area (TPSA) is 59.0 Å². The average Bonchev–Trinajstić information content (AvgIpc) is 2.94. The van der Waals surface area contributed by atoms with Crippen molar-refractivity contribution >= 4 is 29.7 Å². The zero-order valence-corrected chi connectivity index (χ0v) is 12.7. The number of halogens is 1. The summed E-state index contributed by atoms with van der Waals surface area (Å²) in [5, 5.41) is 10.4. The fourth-order valence-electron chi connectivity index (χ4n) is 2.52. The maximum Gasteiger partial charge on any atom is 0.256 e. The summed E-state index contributed by atoms with van der Waals surface area (Å²) in [7, 11) is 0. The Morgan fingerprint density at radius 3 is 3.10 bits per heavy atom. The fraction of sp³-hybridized carbons (Fsp3) is 0.333. The van der Waals surface area contributed by atoms with Crippen LogP contribution in [0.15, 0.2) is 30.6 Å². The summed E-state index contributed by atoms with van der Waals surface area (Å²) in [6, 6.07) is 5.83. The van der Waals surface area contributed by atoms with Crippen molar-refractivity contribution in [3.8, 4) is 0 Å². The Bertz CT molecular complexity index is 638. The number of benzene rings is 1. The van der Waals surface area contributed by atoms with Gasteiger partial charge < -0.3 is 10.6 Å². The molecule has 1 aliphatic rings. The van der Waals surface area contributed by atoms with Crippen molar-refractivity contribution in [2.24, 2.45) is 0 Å². The number of amides is 1. The molecule has 0 spiro atoms. The third-order valence-corrected chi connectivity index (χ3v) is 3.55. The minimum absolute atomic E-state index is 0. The summed E-state index contributed by atoms with van der Waals surface area (Å²) in [5.74, 6) is -0.0683. The molecule has 2 N–H and O–H groups in total. The minimum Gasteiger partial charge on any atom is -0.385 e. The highest BCUT2D eigenvalue weighted by atomic mass is 35.5. The van der Waals surface area contributed by atoms with Crippen LogP contribution in [0.2, 0.25) is 0 Å². The summed E-state index contributed by atoms with van der Waals surface area (Å²) in [4.78, 5) is 12.4. The van der Waals surface area contributed by atoms with Crippen molar-refractivity contribution in [1.29, 1.82) is 0 Å². The lowest BCUT2D eigenvalue weighted by molar-refractivity contribution is 0.102. The second kappa shape index (κ2) is 6.63. The number of anilines is 2. The third-order valence-electron chi connectivity index (χ3n) is 3.55. The number of hydrogen-bond acceptors (Lipinski definition) is 3. The Morgan fingerprint density at radius 2 is 2.33 bits per heavy atom. The molecule has 0 bridgehead atoms. The van der Waals surface area contributed by atoms with Gasteiger partial charge in [0.15, 0.2) is 0 Å². The van der Waals surface area contributed by atoms with E-state index in [1.807, 2.05) is 31.3 Å². The highest BCUT2D eigenvalue weighted by Gasteiger charge is 2.17. The SMILES string of the molecule is CCn1cc(NC(=O)c2cccc3c2CCCN3)cn1.Cl. The Morgan fingerprint density at radius 1 is 1.48 bits per heavy atom. The molecule has 2 heterocycles. The van der Waals surface area contributed by atoms with Gasteiger partial charge in [0.1, 0.15) is 0 Å². The Balaban J connectivity index is 0.00000161. The lowest BCUT2D eigenvalue weighted by atomic mass is 9.97. The molecule has 1 amide bonds. The maximum atomic E-state index is 12.4. The van der Waals surface area contributed by atoms with E-state index in [0.717, 1.165) is 48.4 Å². The predicted molar refractivity (Wildman–Crippen MR) is 86.4 cm³/mol. The van der Waals surface area contributed by atoms with Gasteiger partial charge in [-0.2, -0.15) is 5.10 Å². The van der Waals surface area contributed by atoms with Gasteiger partial charge >= 0.3 is 0 Å². The second-order valence-electron chi connectivity index (χ2n) is 4.90. The van der Waals surface area contributed by atoms with E-state index in [9.17, 15) is 4.79 Å². The molecule has 0 atom stereocenters. The van der Waals surface area contributed by atoms with Crippen LogP contribution in [0.4, 0.5) is 11.4 Å². The van der Waals surface area contributed by atoms with Gasteiger partial charge in [0.25, 0.3) is 5.91 Å². The zero-order valence-electron chi connectivity index (χ0n) is 11.9. The van der Waals surface area contributed by atoms with Crippen LogP contribution >= 0.6 is 12.4 Å². The zero-order chi connectivity index (χ0) is 13.9. The van der Waals surface area contributed by atoms with Crippen LogP contribution in [0.1, 0.15) is 29.3 Å². The minimum atomic E-state index is -0.0683. The summed E-state index contributed by atoms with van der Waals surface area (Å²) < 4.78 is 1.79. The number of rotatable bonds is 3. The van der Waals surface area contributed by atoms with Crippen LogP contribution in [0.5, 0.6) is 0 Å². The molecule has 1 aromatic heterocycles. The number of fused-ring (bicyclic) bond motifs is 1. The summed E-state index contributed by atoms with van der Waals surface area (Å²) >= 11 is 0. The van der Waals surface area contributed by atoms with Crippen LogP contribution in [0.3, 0.4) is 0 Å². The quantitative estimate of drug-likeness (QED) is 0.916. The normalized spacial score (nSPS) is 12.8. The number of hydrogen-bond donors (Lipinski definition) is 2. The van der Waals surface area contributed by atoms with Crippen LogP contribution in [-0.4, -0.2) is 22.2 Å². The summed E-state index contributed by atoms with van der Waals surface area (Å²) in [6.07, 6.45) is 5.52. The van der Waals surface area contributed by atoms with Crippen molar-refractivity contribution in [3.63, 3.8) is 0 Å². The van der Waals surface area contributed by atoms with E-state index in [1.54, 1.807) is 10.9 Å². The number of carbonyl (C=O) groups excluding carboxylic acids is 1. The Hall–Kier alpha value is -2.01. The Labute approximate surface area is 130 Å². The van der Waals surface area contributed by atoms with E-state index < -0.39 is 0 Å². The van der Waals surface area contributed by atoms with E-state index in [1.165, 1.54) is 0 Å². The molecule has 5 nitrogen and oxygen atoms in total. The molecule has 112 valence electrons. The van der Waals surface area contributed by atoms with E-state index in [2.05, 4.69) is 15.7 Å². The molecule has 1 aliphatic heterocycles. The molecule has 0 unspecified atom stereocenters. The highest BCUT2D eigenvalue weighted by molar-refractivity contribution is 6.06. The van der Waals surface area contributed by atoms with Gasteiger partial charge in [-0.15, -0.1) is 12.4 Å². The third kappa shape index (κ3) is 3.19. The largest absolute Gasteiger partial charge is 0.385 e. The summed E-state index contributed by atoms with van der Waals surface area (Å²) in [6.45, 7) is 3.78. The first-order chi connectivity index (χ1) is 9.78. The molecule has 0 radical (unpaired) electrons. The number of carbonyl (C=O) groups is 1. The van der Waals surface area contributed by atoms with Gasteiger partial charge in [0.2, 0.25) is 0 Å². The average molecular weight is 307 g/mol. The molecule has 0 fully saturated rings. The Kier molecular flexibility index (Phi) is 4.85. The molecule has 3 rings (SSSR count). The van der Waals surface area contributed by atoms with Crippen molar-refractivity contribution in [2.75, 3.05) is 17.2 Å². The van der Waals surface area contributed by atoms with Gasteiger partial charge in [-0.25, -0.2) is 0 Å². The van der Waals surface area contributed by atoms with Crippen molar-refractivity contribution in [2.45, 2.75) is 26.3 Å². The molecule has 2 aromatic rings. The fourth-order valence-corrected chi connectivity index (χ4v) is 2.52. The maximum absolute atomic E-state index is 12.4. The first kappa shape index (κ1) is 15.4. The smallest absolute Gasteiger partial charge is 0.256 e. The van der Waals surface area contributed by atoms with Crippen LogP contribution in [0.25, 0.3) is 0 Å². The van der Waals surface area contributed by atoms with E-state index >= 15 is 0 Å². The highest BCUT2D eigenvalue weighted by Crippen LogP contribution is 2.25. The number of aryl methyl sites for hydroxylation is 1. The first-order valence-electron chi connectivity index (χ1n) is 6.97. The van der Waals surface area contributed by atoms with E-state index in [0.29, 0.717) is 0 Å². The van der Waals surface area contributed by atoms with Crippen LogP contribution in [0, 0.1) is 0 Å². The van der Waals surface area contributed by atoms with Gasteiger partial charge in [-0.1, -0.05) is 6.07 Å². The molecular weight excluding hydrogens is 288 g/mol. The monoisotopic (exact) mass is 306 g/mol. The lowest BCUT2D eigenvalue weighted by Crippen LogP contribution is -2.19. The number of aromatic nitrogens is 2. The molecule has 21 heavy (non-hydrogen) atoms. The summed E-state index contributed by atoms with van der Waals surface area (Å²) in [5.41, 5.74) is 3.67. The van der Waals surface area contributed by atoms with E-state index in [4.69, 9.17) is 0 Å². The molecule has 6 heteroatoms. The molecular formula is C15H19ClN4O. The second-order valence-corrected chi connectivity index (χ2v) is 4.90. The van der Waals surface area contributed by atoms with Gasteiger partial charge in [0, 0.05) is 30.5 Å². The van der Waals surface area contributed by atoms with Gasteiger partial charge in [-0.3, -0.25) is 9.48 Å². The lowest BCUT2D eigenvalue weighted by Gasteiger charge is -2.20. The number of nitrogens with zero attached hydrogens (tertiary/aromatic N) is 2. The molecule has 0 aliphatic carbocycles.